The smallest absolute Gasteiger partial charge is 0.277 e. The maximum atomic E-state index is 5.62. The van der Waals surface area contributed by atoms with Crippen LogP contribution in [0.5, 0.6) is 5.75 Å². The van der Waals surface area contributed by atoms with Crippen molar-refractivity contribution in [3.63, 3.8) is 0 Å². The number of ether oxygens (including phenoxy) is 1. The van der Waals surface area contributed by atoms with E-state index in [9.17, 15) is 0 Å². The van der Waals surface area contributed by atoms with Gasteiger partial charge in [-0.2, -0.15) is 4.98 Å². The van der Waals surface area contributed by atoms with Crippen molar-refractivity contribution in [2.75, 3.05) is 0 Å². The van der Waals surface area contributed by atoms with Crippen molar-refractivity contribution < 1.29 is 13.7 Å². The van der Waals surface area contributed by atoms with Crippen molar-refractivity contribution in [3.05, 3.63) is 59.1 Å². The van der Waals surface area contributed by atoms with Crippen LogP contribution < -0.4 is 4.74 Å². The molecule has 26 heavy (non-hydrogen) atoms. The van der Waals surface area contributed by atoms with Gasteiger partial charge in [-0.3, -0.25) is 0 Å². The number of thioether (sulfide) groups is 1. The largest absolute Gasteiger partial charge is 0.484 e. The third-order valence-electron chi connectivity index (χ3n) is 3.36. The molecule has 0 amide bonds. The van der Waals surface area contributed by atoms with Gasteiger partial charge in [-0.15, -0.1) is 21.5 Å². The Morgan fingerprint density at radius 3 is 2.85 bits per heavy atom. The van der Waals surface area contributed by atoms with E-state index in [2.05, 4.69) is 20.3 Å². The van der Waals surface area contributed by atoms with E-state index in [0.29, 0.717) is 28.6 Å². The highest BCUT2D eigenvalue weighted by atomic mass is 32.2. The monoisotopic (exact) mass is 386 g/mol. The molecule has 0 saturated carbocycles. The Bertz CT molecular complexity index is 964. The third kappa shape index (κ3) is 4.12. The lowest BCUT2D eigenvalue weighted by molar-refractivity contribution is 0.252. The van der Waals surface area contributed by atoms with Gasteiger partial charge in [-0.25, -0.2) is 0 Å². The van der Waals surface area contributed by atoms with Crippen molar-refractivity contribution in [2.45, 2.75) is 24.5 Å². The minimum atomic E-state index is 0.224. The Morgan fingerprint density at radius 1 is 1.15 bits per heavy atom. The van der Waals surface area contributed by atoms with Crippen LogP contribution in [0.2, 0.25) is 0 Å². The van der Waals surface area contributed by atoms with E-state index in [1.165, 1.54) is 17.3 Å². The van der Waals surface area contributed by atoms with E-state index in [0.717, 1.165) is 10.6 Å². The lowest BCUT2D eigenvalue weighted by Crippen LogP contribution is -1.95. The van der Waals surface area contributed by atoms with Crippen LogP contribution in [0.25, 0.3) is 10.8 Å². The van der Waals surface area contributed by atoms with E-state index >= 15 is 0 Å². The van der Waals surface area contributed by atoms with Crippen molar-refractivity contribution in [1.82, 2.24) is 20.3 Å². The molecule has 1 aromatic carbocycles. The molecule has 4 aromatic rings. The summed E-state index contributed by atoms with van der Waals surface area (Å²) in [6.07, 6.45) is 0. The third-order valence-corrected chi connectivity index (χ3v) is 5.03. The Morgan fingerprint density at radius 2 is 2.04 bits per heavy atom. The summed E-state index contributed by atoms with van der Waals surface area (Å²) < 4.78 is 16.4. The number of thiophene rings is 1. The lowest BCUT2D eigenvalue weighted by Gasteiger charge is -2.02. The normalized spacial score (nSPS) is 11.0. The molecule has 132 valence electrons. The molecule has 0 aliphatic carbocycles. The summed E-state index contributed by atoms with van der Waals surface area (Å²) in [7, 11) is 0. The Balaban J connectivity index is 1.30. The van der Waals surface area contributed by atoms with Crippen LogP contribution in [0, 0.1) is 6.92 Å². The highest BCUT2D eigenvalue weighted by Gasteiger charge is 2.12. The molecule has 0 atom stereocenters. The van der Waals surface area contributed by atoms with Crippen molar-refractivity contribution in [2.24, 2.45) is 0 Å². The number of aromatic nitrogens is 4. The zero-order valence-electron chi connectivity index (χ0n) is 13.8. The van der Waals surface area contributed by atoms with E-state index in [1.807, 2.05) is 48.7 Å². The van der Waals surface area contributed by atoms with Gasteiger partial charge < -0.3 is 13.7 Å². The lowest BCUT2D eigenvalue weighted by atomic mass is 10.2. The molecule has 0 bridgehead atoms. The first-order chi connectivity index (χ1) is 12.8. The minimum Gasteiger partial charge on any atom is -0.484 e. The molecule has 3 aromatic heterocycles. The predicted octanol–water partition coefficient (Wildman–Crippen LogP) is 4.36. The van der Waals surface area contributed by atoms with Crippen molar-refractivity contribution >= 4 is 23.1 Å². The van der Waals surface area contributed by atoms with Crippen molar-refractivity contribution in [3.8, 4) is 16.5 Å². The maximum Gasteiger partial charge on any atom is 0.277 e. The summed E-state index contributed by atoms with van der Waals surface area (Å²) in [6, 6.07) is 11.7. The minimum absolute atomic E-state index is 0.224. The summed E-state index contributed by atoms with van der Waals surface area (Å²) in [5, 5.41) is 14.3. The molecule has 0 saturated heterocycles. The number of aryl methyl sites for hydroxylation is 1. The fourth-order valence-electron chi connectivity index (χ4n) is 2.07. The second-order valence-corrected chi connectivity index (χ2v) is 7.22. The highest BCUT2D eigenvalue weighted by molar-refractivity contribution is 7.98. The average molecular weight is 386 g/mol. The predicted molar refractivity (Wildman–Crippen MR) is 97.0 cm³/mol. The number of hydrogen-bond donors (Lipinski definition) is 0. The molecule has 0 spiro atoms. The number of nitrogens with zero attached hydrogens (tertiary/aromatic N) is 4. The van der Waals surface area contributed by atoms with E-state index < -0.39 is 0 Å². The SMILES string of the molecule is Cc1ccc(OCc2nnc(SCc3noc(-c4cccs4)n3)o2)cc1. The molecule has 7 nitrogen and oxygen atoms in total. The van der Waals surface area contributed by atoms with Gasteiger partial charge in [0.2, 0.25) is 0 Å². The van der Waals surface area contributed by atoms with Gasteiger partial charge in [0.15, 0.2) is 12.4 Å². The molecule has 3 heterocycles. The molecular weight excluding hydrogens is 372 g/mol. The first-order valence-electron chi connectivity index (χ1n) is 7.77. The van der Waals surface area contributed by atoms with Crippen LogP contribution in [0.3, 0.4) is 0 Å². The van der Waals surface area contributed by atoms with Crippen LogP contribution in [-0.4, -0.2) is 20.3 Å². The summed E-state index contributed by atoms with van der Waals surface area (Å²) in [5.74, 6) is 2.76. The molecule has 9 heteroatoms. The molecule has 0 aliphatic rings. The molecular formula is C17H14N4O3S2. The molecule has 4 rings (SSSR count). The first kappa shape index (κ1) is 16.8. The Hall–Kier alpha value is -2.65. The molecule has 0 N–H and O–H groups in total. The summed E-state index contributed by atoms with van der Waals surface area (Å²) in [6.45, 7) is 2.25. The Labute approximate surface area is 157 Å². The van der Waals surface area contributed by atoms with Crippen LogP contribution in [0.15, 0.2) is 55.9 Å². The first-order valence-corrected chi connectivity index (χ1v) is 9.64. The number of hydrogen-bond acceptors (Lipinski definition) is 9. The maximum absolute atomic E-state index is 5.62. The van der Waals surface area contributed by atoms with Gasteiger partial charge in [0.05, 0.1) is 10.6 Å². The second-order valence-electron chi connectivity index (χ2n) is 5.35. The zero-order chi connectivity index (χ0) is 17.8. The standard InChI is InChI=1S/C17H14N4O3S2/c1-11-4-6-12(7-5-11)22-9-15-19-20-17(23-15)26-10-14-18-16(24-21-14)13-3-2-8-25-13/h2-8H,9-10H2,1H3. The fraction of sp³-hybridized carbons (Fsp3) is 0.176. The van der Waals surface area contributed by atoms with E-state index in [-0.39, 0.29) is 6.61 Å². The van der Waals surface area contributed by atoms with Crippen LogP contribution >= 0.6 is 23.1 Å². The van der Waals surface area contributed by atoms with E-state index in [1.54, 1.807) is 11.3 Å². The summed E-state index contributed by atoms with van der Waals surface area (Å²) >= 11 is 2.90. The van der Waals surface area contributed by atoms with E-state index in [4.69, 9.17) is 13.7 Å². The number of rotatable bonds is 7. The van der Waals surface area contributed by atoms with Crippen LogP contribution in [0.4, 0.5) is 0 Å². The quantitative estimate of drug-likeness (QED) is 0.433. The van der Waals surface area contributed by atoms with Crippen LogP contribution in [-0.2, 0) is 12.4 Å². The fourth-order valence-corrected chi connectivity index (χ4v) is 3.34. The van der Waals surface area contributed by atoms with Crippen molar-refractivity contribution in [1.29, 1.82) is 0 Å². The molecule has 0 fully saturated rings. The highest BCUT2D eigenvalue weighted by Crippen LogP contribution is 2.25. The topological polar surface area (TPSA) is 87.1 Å². The van der Waals surface area contributed by atoms with Gasteiger partial charge in [0.25, 0.3) is 17.0 Å². The molecule has 0 radical (unpaired) electrons. The van der Waals surface area contributed by atoms with Gasteiger partial charge in [-0.05, 0) is 30.5 Å². The van der Waals surface area contributed by atoms with Gasteiger partial charge in [0.1, 0.15) is 5.75 Å². The summed E-state index contributed by atoms with van der Waals surface area (Å²) in [4.78, 5) is 5.30. The van der Waals surface area contributed by atoms with Gasteiger partial charge >= 0.3 is 0 Å². The molecule has 0 unspecified atom stereocenters. The van der Waals surface area contributed by atoms with Gasteiger partial charge in [0, 0.05) is 0 Å². The Kier molecular flexibility index (Phi) is 4.98. The van der Waals surface area contributed by atoms with Gasteiger partial charge in [-0.1, -0.05) is 40.7 Å². The number of benzene rings is 1. The second kappa shape index (κ2) is 7.71. The average Bonchev–Trinajstić information content (AvgIpc) is 3.40. The molecule has 0 aliphatic heterocycles. The summed E-state index contributed by atoms with van der Waals surface area (Å²) in [5.41, 5.74) is 1.18. The van der Waals surface area contributed by atoms with Crippen LogP contribution in [0.1, 0.15) is 17.3 Å². The zero-order valence-corrected chi connectivity index (χ0v) is 15.4.